The van der Waals surface area contributed by atoms with Crippen LogP contribution in [0.3, 0.4) is 0 Å². The SMILES string of the molecule is CNC(=O)[C@H](Cc1ccccc1)N(Cc1ccc(Cl)cc1Cl)C(=O)Cc1ccc(Cl)cc1Cl. The number of benzene rings is 3. The lowest BCUT2D eigenvalue weighted by Gasteiger charge is -2.31. The van der Waals surface area contributed by atoms with Gasteiger partial charge in [0.25, 0.3) is 0 Å². The van der Waals surface area contributed by atoms with E-state index in [9.17, 15) is 9.59 Å². The predicted octanol–water partition coefficient (Wildman–Crippen LogP) is 6.23. The summed E-state index contributed by atoms with van der Waals surface area (Å²) in [6.07, 6.45) is 0.343. The molecule has 0 fully saturated rings. The van der Waals surface area contributed by atoms with Crippen LogP contribution in [0, 0.1) is 0 Å². The molecule has 0 aliphatic rings. The molecule has 0 aliphatic carbocycles. The van der Waals surface area contributed by atoms with Crippen molar-refractivity contribution in [3.05, 3.63) is 104 Å². The maximum absolute atomic E-state index is 13.6. The molecule has 0 bridgehead atoms. The lowest BCUT2D eigenvalue weighted by Crippen LogP contribution is -2.50. The molecular weight excluding hydrogens is 502 g/mol. The smallest absolute Gasteiger partial charge is 0.242 e. The minimum Gasteiger partial charge on any atom is -0.357 e. The standard InChI is InChI=1S/C25H22Cl4N2O2/c1-30-25(33)23(11-16-5-3-2-4-6-16)31(15-18-8-10-20(27)14-22(18)29)24(32)12-17-7-9-19(26)13-21(17)28/h2-10,13-14,23H,11-12,15H2,1H3,(H,30,33)/t23-/m0/s1. The summed E-state index contributed by atoms with van der Waals surface area (Å²) in [4.78, 5) is 28.1. The minimum atomic E-state index is -0.761. The second-order valence-electron chi connectivity index (χ2n) is 7.49. The fourth-order valence-corrected chi connectivity index (χ4v) is 4.43. The Morgan fingerprint density at radius 2 is 1.42 bits per heavy atom. The van der Waals surface area contributed by atoms with E-state index in [4.69, 9.17) is 46.4 Å². The van der Waals surface area contributed by atoms with Crippen LogP contribution in [0.1, 0.15) is 16.7 Å². The summed E-state index contributed by atoms with van der Waals surface area (Å²) in [6, 6.07) is 18.8. The van der Waals surface area contributed by atoms with Crippen LogP contribution in [0.5, 0.6) is 0 Å². The molecule has 3 aromatic rings. The molecule has 3 rings (SSSR count). The quantitative estimate of drug-likeness (QED) is 0.380. The third-order valence-corrected chi connectivity index (χ3v) is 6.40. The van der Waals surface area contributed by atoms with Crippen molar-refractivity contribution in [2.45, 2.75) is 25.4 Å². The number of amides is 2. The van der Waals surface area contributed by atoms with Crippen molar-refractivity contribution in [1.29, 1.82) is 0 Å². The Hall–Kier alpha value is -2.24. The van der Waals surface area contributed by atoms with E-state index < -0.39 is 6.04 Å². The number of likely N-dealkylation sites (N-methyl/N-ethyl adjacent to an activating group) is 1. The molecule has 0 saturated carbocycles. The number of halogens is 4. The molecule has 0 heterocycles. The summed E-state index contributed by atoms with van der Waals surface area (Å²) in [5.41, 5.74) is 2.22. The molecular formula is C25H22Cl4N2O2. The Morgan fingerprint density at radius 1 is 0.848 bits per heavy atom. The molecule has 33 heavy (non-hydrogen) atoms. The lowest BCUT2D eigenvalue weighted by molar-refractivity contribution is -0.140. The molecule has 1 atom stereocenters. The average molecular weight is 524 g/mol. The van der Waals surface area contributed by atoms with E-state index in [0.29, 0.717) is 37.6 Å². The summed E-state index contributed by atoms with van der Waals surface area (Å²) in [6.45, 7) is 0.130. The van der Waals surface area contributed by atoms with Gasteiger partial charge in [-0.1, -0.05) is 88.9 Å². The van der Waals surface area contributed by atoms with Gasteiger partial charge in [-0.25, -0.2) is 0 Å². The van der Waals surface area contributed by atoms with Gasteiger partial charge in [0.05, 0.1) is 6.42 Å². The highest BCUT2D eigenvalue weighted by Gasteiger charge is 2.30. The maximum atomic E-state index is 13.6. The van der Waals surface area contributed by atoms with Crippen LogP contribution in [0.15, 0.2) is 66.7 Å². The number of hydrogen-bond acceptors (Lipinski definition) is 2. The number of nitrogens with one attached hydrogen (secondary N) is 1. The van der Waals surface area contributed by atoms with Gasteiger partial charge in [-0.15, -0.1) is 0 Å². The first kappa shape index (κ1) is 25.4. The highest BCUT2D eigenvalue weighted by molar-refractivity contribution is 6.35. The Bertz CT molecular complexity index is 1140. The van der Waals surface area contributed by atoms with Gasteiger partial charge in [0.2, 0.25) is 11.8 Å². The van der Waals surface area contributed by atoms with Crippen LogP contribution in [-0.2, 0) is 29.0 Å². The van der Waals surface area contributed by atoms with E-state index in [1.807, 2.05) is 30.3 Å². The third kappa shape index (κ3) is 6.87. The molecule has 4 nitrogen and oxygen atoms in total. The first-order valence-corrected chi connectivity index (χ1v) is 11.7. The van der Waals surface area contributed by atoms with Crippen LogP contribution in [0.25, 0.3) is 0 Å². The summed E-state index contributed by atoms with van der Waals surface area (Å²) in [7, 11) is 1.55. The Balaban J connectivity index is 1.99. The fraction of sp³-hybridized carbons (Fsp3) is 0.200. The predicted molar refractivity (Wildman–Crippen MR) is 135 cm³/mol. The van der Waals surface area contributed by atoms with Crippen molar-refractivity contribution >= 4 is 58.2 Å². The number of carbonyl (C=O) groups excluding carboxylic acids is 2. The topological polar surface area (TPSA) is 49.4 Å². The minimum absolute atomic E-state index is 0.00347. The fourth-order valence-electron chi connectivity index (χ4n) is 3.48. The second-order valence-corrected chi connectivity index (χ2v) is 9.18. The highest BCUT2D eigenvalue weighted by Crippen LogP contribution is 2.26. The van der Waals surface area contributed by atoms with E-state index in [2.05, 4.69) is 5.32 Å². The third-order valence-electron chi connectivity index (χ3n) is 5.23. The molecule has 3 aromatic carbocycles. The van der Waals surface area contributed by atoms with Crippen LogP contribution in [-0.4, -0.2) is 29.8 Å². The highest BCUT2D eigenvalue weighted by atomic mass is 35.5. The van der Waals surface area contributed by atoms with Crippen LogP contribution < -0.4 is 5.32 Å². The zero-order valence-corrected chi connectivity index (χ0v) is 20.8. The van der Waals surface area contributed by atoms with Gasteiger partial charge in [0.15, 0.2) is 0 Å². The Morgan fingerprint density at radius 3 is 1.97 bits per heavy atom. The molecule has 0 unspecified atom stereocenters. The molecule has 8 heteroatoms. The lowest BCUT2D eigenvalue weighted by atomic mass is 10.0. The van der Waals surface area contributed by atoms with Gasteiger partial charge in [-0.2, -0.15) is 0 Å². The van der Waals surface area contributed by atoms with Gasteiger partial charge >= 0.3 is 0 Å². The summed E-state index contributed by atoms with van der Waals surface area (Å²) >= 11 is 24.7. The first-order valence-electron chi connectivity index (χ1n) is 10.2. The number of rotatable bonds is 8. The Labute approximate surface area is 213 Å². The van der Waals surface area contributed by atoms with Crippen molar-refractivity contribution in [2.75, 3.05) is 7.05 Å². The molecule has 0 spiro atoms. The Kier molecular flexibility index (Phi) is 9.04. The van der Waals surface area contributed by atoms with E-state index >= 15 is 0 Å². The van der Waals surface area contributed by atoms with Gasteiger partial charge in [0, 0.05) is 40.1 Å². The van der Waals surface area contributed by atoms with Crippen molar-refractivity contribution in [2.24, 2.45) is 0 Å². The van der Waals surface area contributed by atoms with Crippen LogP contribution >= 0.6 is 46.4 Å². The van der Waals surface area contributed by atoms with E-state index in [0.717, 1.165) is 5.56 Å². The first-order chi connectivity index (χ1) is 15.8. The second kappa shape index (κ2) is 11.8. The molecule has 0 saturated heterocycles. The summed E-state index contributed by atoms with van der Waals surface area (Å²) < 4.78 is 0. The summed E-state index contributed by atoms with van der Waals surface area (Å²) in [5.74, 6) is -0.547. The summed E-state index contributed by atoms with van der Waals surface area (Å²) in [5, 5.41) is 4.46. The zero-order chi connectivity index (χ0) is 24.0. The van der Waals surface area contributed by atoms with Crippen LogP contribution in [0.2, 0.25) is 20.1 Å². The molecule has 0 aliphatic heterocycles. The molecule has 172 valence electrons. The zero-order valence-electron chi connectivity index (χ0n) is 17.8. The molecule has 1 N–H and O–H groups in total. The van der Waals surface area contributed by atoms with Crippen molar-refractivity contribution in [3.8, 4) is 0 Å². The van der Waals surface area contributed by atoms with Gasteiger partial charge in [-0.05, 0) is 41.0 Å². The molecule has 0 radical (unpaired) electrons. The van der Waals surface area contributed by atoms with Crippen molar-refractivity contribution in [3.63, 3.8) is 0 Å². The van der Waals surface area contributed by atoms with E-state index in [1.54, 1.807) is 43.4 Å². The number of nitrogens with zero attached hydrogens (tertiary/aromatic N) is 1. The van der Waals surface area contributed by atoms with E-state index in [-0.39, 0.29) is 24.8 Å². The maximum Gasteiger partial charge on any atom is 0.242 e. The normalized spacial score (nSPS) is 11.7. The number of carbonyl (C=O) groups is 2. The van der Waals surface area contributed by atoms with E-state index in [1.165, 1.54) is 4.90 Å². The van der Waals surface area contributed by atoms with Gasteiger partial charge < -0.3 is 10.2 Å². The number of hydrogen-bond donors (Lipinski definition) is 1. The molecule has 0 aromatic heterocycles. The van der Waals surface area contributed by atoms with Crippen molar-refractivity contribution < 1.29 is 9.59 Å². The van der Waals surface area contributed by atoms with Crippen LogP contribution in [0.4, 0.5) is 0 Å². The average Bonchev–Trinajstić information content (AvgIpc) is 2.79. The van der Waals surface area contributed by atoms with Gasteiger partial charge in [0.1, 0.15) is 6.04 Å². The van der Waals surface area contributed by atoms with Gasteiger partial charge in [-0.3, -0.25) is 9.59 Å². The largest absolute Gasteiger partial charge is 0.357 e. The monoisotopic (exact) mass is 522 g/mol. The molecule has 2 amide bonds. The van der Waals surface area contributed by atoms with Crippen molar-refractivity contribution in [1.82, 2.24) is 10.2 Å².